The fraction of sp³-hybridized carbons (Fsp3) is 0.333. The van der Waals surface area contributed by atoms with Crippen LogP contribution in [-0.2, 0) is 0 Å². The van der Waals surface area contributed by atoms with E-state index in [9.17, 15) is 4.79 Å². The van der Waals surface area contributed by atoms with Crippen molar-refractivity contribution in [2.24, 2.45) is 0 Å². The molecule has 0 N–H and O–H groups in total. The molecule has 0 aliphatic rings. The molecule has 6 heteroatoms. The highest BCUT2D eigenvalue weighted by Crippen LogP contribution is 2.08. The van der Waals surface area contributed by atoms with E-state index < -0.39 is 0 Å². The van der Waals surface area contributed by atoms with Gasteiger partial charge in [-0.05, 0) is 12.1 Å². The number of rotatable bonds is 5. The Bertz CT molecular complexity index is 486. The van der Waals surface area contributed by atoms with Gasteiger partial charge in [0.15, 0.2) is 0 Å². The average Bonchev–Trinajstić information content (AvgIpc) is 2.38. The lowest BCUT2D eigenvalue weighted by Gasteiger charge is -2.19. The maximum absolute atomic E-state index is 12.1. The van der Waals surface area contributed by atoms with Crippen LogP contribution in [0.5, 0.6) is 0 Å². The average molecular weight is 263 g/mol. The Morgan fingerprint density at radius 1 is 1.28 bits per heavy atom. The molecule has 1 amide bonds. The van der Waals surface area contributed by atoms with Crippen molar-refractivity contribution >= 4 is 17.5 Å². The van der Waals surface area contributed by atoms with Gasteiger partial charge in [-0.3, -0.25) is 4.79 Å². The lowest BCUT2D eigenvalue weighted by atomic mass is 10.2. The molecule has 0 aliphatic heterocycles. The first-order valence-electron chi connectivity index (χ1n) is 5.34. The first kappa shape index (κ1) is 14.0. The van der Waals surface area contributed by atoms with Gasteiger partial charge in [-0.2, -0.15) is 10.5 Å². The number of amides is 1. The summed E-state index contributed by atoms with van der Waals surface area (Å²) in [5.41, 5.74) is 0.221. The summed E-state index contributed by atoms with van der Waals surface area (Å²) in [4.78, 5) is 17.4. The van der Waals surface area contributed by atoms with Gasteiger partial charge >= 0.3 is 0 Å². The van der Waals surface area contributed by atoms with E-state index in [0.717, 1.165) is 0 Å². The van der Waals surface area contributed by atoms with Crippen LogP contribution in [0.2, 0.25) is 5.15 Å². The molecular formula is C12H11ClN4O. The molecule has 0 saturated heterocycles. The monoisotopic (exact) mass is 262 g/mol. The highest BCUT2D eigenvalue weighted by atomic mass is 35.5. The van der Waals surface area contributed by atoms with E-state index in [1.165, 1.54) is 4.90 Å². The minimum absolute atomic E-state index is 0.220. The first-order valence-corrected chi connectivity index (χ1v) is 5.72. The second-order valence-electron chi connectivity index (χ2n) is 3.45. The molecule has 0 atom stereocenters. The van der Waals surface area contributed by atoms with Crippen LogP contribution >= 0.6 is 11.6 Å². The molecule has 92 valence electrons. The van der Waals surface area contributed by atoms with Gasteiger partial charge in [0.25, 0.3) is 5.91 Å². The first-order chi connectivity index (χ1) is 8.69. The summed E-state index contributed by atoms with van der Waals surface area (Å²) < 4.78 is 0. The number of nitriles is 2. The van der Waals surface area contributed by atoms with E-state index in [1.807, 2.05) is 12.1 Å². The number of hydrogen-bond acceptors (Lipinski definition) is 4. The standard InChI is InChI=1S/C12H11ClN4O/c13-11-5-1-4-10(16-11)12(18)17(8-2-6-14)9-3-7-15/h1,4-5H,2-3,8-9H2. The summed E-state index contributed by atoms with van der Waals surface area (Å²) in [7, 11) is 0. The number of pyridine rings is 1. The summed E-state index contributed by atoms with van der Waals surface area (Å²) in [6.07, 6.45) is 0.440. The molecule has 0 aromatic carbocycles. The Morgan fingerprint density at radius 2 is 1.89 bits per heavy atom. The Labute approximate surface area is 110 Å². The summed E-state index contributed by atoms with van der Waals surface area (Å²) in [6.45, 7) is 0.566. The van der Waals surface area contributed by atoms with Crippen molar-refractivity contribution in [2.75, 3.05) is 13.1 Å². The van der Waals surface area contributed by atoms with E-state index in [4.69, 9.17) is 22.1 Å². The quantitative estimate of drug-likeness (QED) is 0.760. The van der Waals surface area contributed by atoms with Crippen molar-refractivity contribution in [2.45, 2.75) is 12.8 Å². The third-order valence-electron chi connectivity index (χ3n) is 2.21. The van der Waals surface area contributed by atoms with Crippen LogP contribution in [0, 0.1) is 22.7 Å². The highest BCUT2D eigenvalue weighted by molar-refractivity contribution is 6.29. The molecule has 0 spiro atoms. The normalized spacial score (nSPS) is 9.28. The van der Waals surface area contributed by atoms with Crippen LogP contribution in [0.4, 0.5) is 0 Å². The Balaban J connectivity index is 2.81. The third kappa shape index (κ3) is 4.04. The lowest BCUT2D eigenvalue weighted by Crippen LogP contribution is -2.33. The fourth-order valence-corrected chi connectivity index (χ4v) is 1.54. The van der Waals surface area contributed by atoms with Crippen LogP contribution in [0.15, 0.2) is 18.2 Å². The van der Waals surface area contributed by atoms with Gasteiger partial charge in [-0.25, -0.2) is 4.98 Å². The van der Waals surface area contributed by atoms with Crippen LogP contribution < -0.4 is 0 Å². The van der Waals surface area contributed by atoms with Crippen molar-refractivity contribution in [3.8, 4) is 12.1 Å². The predicted molar refractivity (Wildman–Crippen MR) is 65.6 cm³/mol. The van der Waals surface area contributed by atoms with Gasteiger partial charge in [-0.15, -0.1) is 0 Å². The van der Waals surface area contributed by atoms with E-state index in [-0.39, 0.29) is 42.7 Å². The number of nitrogens with zero attached hydrogens (tertiary/aromatic N) is 4. The summed E-state index contributed by atoms with van der Waals surface area (Å²) in [6, 6.07) is 8.70. The Kier molecular flexibility index (Phi) is 5.63. The van der Waals surface area contributed by atoms with Crippen molar-refractivity contribution in [1.82, 2.24) is 9.88 Å². The van der Waals surface area contributed by atoms with Crippen LogP contribution in [0.25, 0.3) is 0 Å². The molecule has 1 rings (SSSR count). The zero-order chi connectivity index (χ0) is 13.4. The number of carbonyl (C=O) groups is 1. The zero-order valence-electron chi connectivity index (χ0n) is 9.64. The molecule has 1 heterocycles. The maximum atomic E-state index is 12.1. The largest absolute Gasteiger partial charge is 0.335 e. The molecule has 0 unspecified atom stereocenters. The topological polar surface area (TPSA) is 80.8 Å². The second-order valence-corrected chi connectivity index (χ2v) is 3.84. The Hall–Kier alpha value is -2.11. The van der Waals surface area contributed by atoms with E-state index in [0.29, 0.717) is 0 Å². The molecule has 0 bridgehead atoms. The van der Waals surface area contributed by atoms with Crippen molar-refractivity contribution in [1.29, 1.82) is 10.5 Å². The second kappa shape index (κ2) is 7.26. The van der Waals surface area contributed by atoms with Gasteiger partial charge in [0.2, 0.25) is 0 Å². The predicted octanol–water partition coefficient (Wildman–Crippen LogP) is 2.00. The molecule has 1 aromatic rings. The zero-order valence-corrected chi connectivity index (χ0v) is 10.4. The molecule has 0 fully saturated rings. The van der Waals surface area contributed by atoms with Crippen LogP contribution in [0.1, 0.15) is 23.3 Å². The van der Waals surface area contributed by atoms with Gasteiger partial charge in [-0.1, -0.05) is 17.7 Å². The van der Waals surface area contributed by atoms with Crippen LogP contribution in [-0.4, -0.2) is 28.9 Å². The highest BCUT2D eigenvalue weighted by Gasteiger charge is 2.16. The van der Waals surface area contributed by atoms with Gasteiger partial charge in [0.1, 0.15) is 10.8 Å². The van der Waals surface area contributed by atoms with Crippen molar-refractivity contribution in [3.05, 3.63) is 29.0 Å². The molecule has 0 aliphatic carbocycles. The molecule has 5 nitrogen and oxygen atoms in total. The van der Waals surface area contributed by atoms with Gasteiger partial charge in [0, 0.05) is 13.1 Å². The Morgan fingerprint density at radius 3 is 2.39 bits per heavy atom. The fourth-order valence-electron chi connectivity index (χ4n) is 1.37. The molecule has 18 heavy (non-hydrogen) atoms. The van der Waals surface area contributed by atoms with E-state index >= 15 is 0 Å². The molecule has 0 saturated carbocycles. The number of hydrogen-bond donors (Lipinski definition) is 0. The van der Waals surface area contributed by atoms with Crippen molar-refractivity contribution in [3.63, 3.8) is 0 Å². The smallest absolute Gasteiger partial charge is 0.272 e. The SMILES string of the molecule is N#CCCN(CCC#N)C(=O)c1cccc(Cl)n1. The van der Waals surface area contributed by atoms with Gasteiger partial charge in [0.05, 0.1) is 25.0 Å². The summed E-state index contributed by atoms with van der Waals surface area (Å²) >= 11 is 5.72. The van der Waals surface area contributed by atoms with Crippen LogP contribution in [0.3, 0.4) is 0 Å². The van der Waals surface area contributed by atoms with Gasteiger partial charge < -0.3 is 4.90 Å². The van der Waals surface area contributed by atoms with E-state index in [2.05, 4.69) is 4.98 Å². The number of aromatic nitrogens is 1. The number of halogens is 1. The lowest BCUT2D eigenvalue weighted by molar-refractivity contribution is 0.0756. The third-order valence-corrected chi connectivity index (χ3v) is 2.42. The molecule has 1 aromatic heterocycles. The maximum Gasteiger partial charge on any atom is 0.272 e. The summed E-state index contributed by atoms with van der Waals surface area (Å²) in [5, 5.41) is 17.3. The molecule has 0 radical (unpaired) electrons. The minimum Gasteiger partial charge on any atom is -0.335 e. The summed E-state index contributed by atoms with van der Waals surface area (Å²) in [5.74, 6) is -0.317. The minimum atomic E-state index is -0.317. The molecular weight excluding hydrogens is 252 g/mol. The van der Waals surface area contributed by atoms with E-state index in [1.54, 1.807) is 18.2 Å². The number of carbonyl (C=O) groups excluding carboxylic acids is 1. The van der Waals surface area contributed by atoms with Crippen molar-refractivity contribution < 1.29 is 4.79 Å².